The predicted molar refractivity (Wildman–Crippen MR) is 137 cm³/mol. The molecule has 1 aromatic heterocycles. The Balaban J connectivity index is 1.50. The first-order chi connectivity index (χ1) is 17.5. The van der Waals surface area contributed by atoms with Gasteiger partial charge in [-0.2, -0.15) is 0 Å². The average Bonchev–Trinajstić information content (AvgIpc) is 3.18. The van der Waals surface area contributed by atoms with Gasteiger partial charge < -0.3 is 29.3 Å². The van der Waals surface area contributed by atoms with Gasteiger partial charge in [-0.25, -0.2) is 14.2 Å². The van der Waals surface area contributed by atoms with Gasteiger partial charge in [0.2, 0.25) is 0 Å². The van der Waals surface area contributed by atoms with E-state index < -0.39 is 23.4 Å². The molecule has 0 aliphatic carbocycles. The molecule has 1 aromatic carbocycles. The summed E-state index contributed by atoms with van der Waals surface area (Å²) >= 11 is 6.39. The third kappa shape index (κ3) is 5.84. The second kappa shape index (κ2) is 10.6. The van der Waals surface area contributed by atoms with E-state index in [1.807, 2.05) is 20.8 Å². The van der Waals surface area contributed by atoms with Gasteiger partial charge in [0.25, 0.3) is 5.91 Å². The van der Waals surface area contributed by atoms with Crippen LogP contribution in [0.25, 0.3) is 0 Å². The van der Waals surface area contributed by atoms with Crippen molar-refractivity contribution in [3.63, 3.8) is 0 Å². The van der Waals surface area contributed by atoms with Crippen LogP contribution in [0.2, 0.25) is 5.15 Å². The molecule has 1 saturated heterocycles. The number of carbonyl (C=O) groups is 2. The van der Waals surface area contributed by atoms with Crippen LogP contribution in [-0.2, 0) is 17.8 Å². The average molecular weight is 535 g/mol. The highest BCUT2D eigenvalue weighted by Gasteiger charge is 2.36. The standard InChI is InChI=1S/C26H32ClFN4O5/c1-26(2,3)37-25(34)31-10-6-7-16(13-31)29-23-21(28)18-14-32(24(33)20(18)22(27)30-23)12-15-8-9-17(35-4)11-19(15)36-5/h8-9,11,16H,6-7,10,12-14H2,1-5H3,(H,29,30). The number of rotatable bonds is 6. The molecule has 200 valence electrons. The molecule has 1 fully saturated rings. The molecule has 9 nitrogen and oxygen atoms in total. The number of halogens is 2. The molecule has 4 rings (SSSR count). The van der Waals surface area contributed by atoms with Crippen LogP contribution in [0, 0.1) is 5.82 Å². The minimum atomic E-state index is -0.619. The van der Waals surface area contributed by atoms with E-state index in [1.165, 1.54) is 12.0 Å². The van der Waals surface area contributed by atoms with Crippen LogP contribution in [0.3, 0.4) is 0 Å². The highest BCUT2D eigenvalue weighted by molar-refractivity contribution is 6.33. The lowest BCUT2D eigenvalue weighted by Crippen LogP contribution is -2.47. The van der Waals surface area contributed by atoms with Gasteiger partial charge in [0, 0.05) is 42.9 Å². The van der Waals surface area contributed by atoms with E-state index in [0.717, 1.165) is 18.4 Å². The molecule has 0 saturated carbocycles. The summed E-state index contributed by atoms with van der Waals surface area (Å²) in [6.07, 6.45) is 1.04. The van der Waals surface area contributed by atoms with Crippen molar-refractivity contribution in [3.05, 3.63) is 45.9 Å². The SMILES string of the molecule is COc1ccc(CN2Cc3c(F)c(NC4CCCN(C(=O)OC(C)(C)C)C4)nc(Cl)c3C2=O)c(OC)c1. The number of methoxy groups -OCH3 is 2. The van der Waals surface area contributed by atoms with Gasteiger partial charge in [-0.3, -0.25) is 4.79 Å². The Hall–Kier alpha value is -3.27. The van der Waals surface area contributed by atoms with Gasteiger partial charge in [-0.15, -0.1) is 0 Å². The largest absolute Gasteiger partial charge is 0.497 e. The molecule has 11 heteroatoms. The Kier molecular flexibility index (Phi) is 7.68. The molecule has 1 atom stereocenters. The third-order valence-electron chi connectivity index (χ3n) is 6.31. The first-order valence-electron chi connectivity index (χ1n) is 12.1. The molecule has 3 heterocycles. The molecule has 2 aliphatic heterocycles. The van der Waals surface area contributed by atoms with E-state index in [-0.39, 0.29) is 41.2 Å². The van der Waals surface area contributed by atoms with E-state index in [4.69, 9.17) is 25.8 Å². The number of carbonyl (C=O) groups excluding carboxylic acids is 2. The number of amides is 2. The molecule has 0 bridgehead atoms. The highest BCUT2D eigenvalue weighted by Crippen LogP contribution is 2.36. The zero-order valence-electron chi connectivity index (χ0n) is 21.7. The van der Waals surface area contributed by atoms with Gasteiger partial charge >= 0.3 is 6.09 Å². The lowest BCUT2D eigenvalue weighted by atomic mass is 10.1. The van der Waals surface area contributed by atoms with Crippen molar-refractivity contribution in [1.82, 2.24) is 14.8 Å². The molecule has 1 unspecified atom stereocenters. The van der Waals surface area contributed by atoms with Crippen molar-refractivity contribution in [2.24, 2.45) is 0 Å². The summed E-state index contributed by atoms with van der Waals surface area (Å²) < 4.78 is 31.7. The van der Waals surface area contributed by atoms with E-state index in [2.05, 4.69) is 10.3 Å². The fourth-order valence-corrected chi connectivity index (χ4v) is 4.84. The fraction of sp³-hybridized carbons (Fsp3) is 0.500. The molecule has 1 N–H and O–H groups in total. The van der Waals surface area contributed by atoms with Crippen LogP contribution >= 0.6 is 11.6 Å². The second-order valence-corrected chi connectivity index (χ2v) is 10.5. The second-order valence-electron chi connectivity index (χ2n) is 10.2. The summed E-state index contributed by atoms with van der Waals surface area (Å²) in [7, 11) is 3.09. The maximum atomic E-state index is 15.6. The number of pyridine rings is 1. The smallest absolute Gasteiger partial charge is 0.410 e. The zero-order chi connectivity index (χ0) is 26.9. The summed E-state index contributed by atoms with van der Waals surface area (Å²) in [6, 6.07) is 5.06. The van der Waals surface area contributed by atoms with E-state index >= 15 is 4.39 Å². The number of ether oxygens (including phenoxy) is 3. The van der Waals surface area contributed by atoms with E-state index in [1.54, 1.807) is 30.2 Å². The van der Waals surface area contributed by atoms with Crippen molar-refractivity contribution in [3.8, 4) is 11.5 Å². The van der Waals surface area contributed by atoms with Crippen LogP contribution in [0.5, 0.6) is 11.5 Å². The molecular weight excluding hydrogens is 503 g/mol. The third-order valence-corrected chi connectivity index (χ3v) is 6.58. The number of aromatic nitrogens is 1. The summed E-state index contributed by atoms with van der Waals surface area (Å²) in [5.41, 5.74) is 0.403. The quantitative estimate of drug-likeness (QED) is 0.529. The topological polar surface area (TPSA) is 93.2 Å². The van der Waals surface area contributed by atoms with Crippen LogP contribution in [0.4, 0.5) is 15.0 Å². The van der Waals surface area contributed by atoms with Crippen molar-refractivity contribution in [2.75, 3.05) is 32.6 Å². The van der Waals surface area contributed by atoms with Crippen molar-refractivity contribution >= 4 is 29.4 Å². The maximum Gasteiger partial charge on any atom is 0.410 e. The van der Waals surface area contributed by atoms with Crippen LogP contribution < -0.4 is 14.8 Å². The first-order valence-corrected chi connectivity index (χ1v) is 12.5. The number of nitrogens with zero attached hydrogens (tertiary/aromatic N) is 3. The molecule has 37 heavy (non-hydrogen) atoms. The molecular formula is C26H32ClFN4O5. The fourth-order valence-electron chi connectivity index (χ4n) is 4.56. The normalized spacial score (nSPS) is 17.5. The Morgan fingerprint density at radius 3 is 2.70 bits per heavy atom. The van der Waals surface area contributed by atoms with Gasteiger partial charge in [-0.05, 0) is 45.7 Å². The van der Waals surface area contributed by atoms with Crippen LogP contribution in [-0.4, -0.2) is 65.7 Å². The molecule has 2 aromatic rings. The number of hydrogen-bond acceptors (Lipinski definition) is 7. The maximum absolute atomic E-state index is 15.6. The lowest BCUT2D eigenvalue weighted by molar-refractivity contribution is 0.0206. The van der Waals surface area contributed by atoms with Gasteiger partial charge in [-0.1, -0.05) is 11.6 Å². The van der Waals surface area contributed by atoms with Crippen molar-refractivity contribution < 1.29 is 28.2 Å². The van der Waals surface area contributed by atoms with E-state index in [0.29, 0.717) is 24.6 Å². The summed E-state index contributed by atoms with van der Waals surface area (Å²) in [6.45, 7) is 6.58. The number of fused-ring (bicyclic) bond motifs is 1. The van der Waals surface area contributed by atoms with Crippen LogP contribution in [0.1, 0.15) is 55.1 Å². The zero-order valence-corrected chi connectivity index (χ0v) is 22.4. The Bertz CT molecular complexity index is 1200. The number of benzene rings is 1. The Morgan fingerprint density at radius 2 is 2.03 bits per heavy atom. The number of nitrogens with one attached hydrogen (secondary N) is 1. The summed E-state index contributed by atoms with van der Waals surface area (Å²) in [5, 5.41) is 3.03. The van der Waals surface area contributed by atoms with Crippen molar-refractivity contribution in [1.29, 1.82) is 0 Å². The monoisotopic (exact) mass is 534 g/mol. The minimum absolute atomic E-state index is 0.0310. The van der Waals surface area contributed by atoms with Crippen molar-refractivity contribution in [2.45, 2.75) is 58.3 Å². The number of likely N-dealkylation sites (tertiary alicyclic amines) is 1. The van der Waals surface area contributed by atoms with Gasteiger partial charge in [0.15, 0.2) is 11.6 Å². The number of anilines is 1. The van der Waals surface area contributed by atoms with Crippen LogP contribution in [0.15, 0.2) is 18.2 Å². The lowest BCUT2D eigenvalue weighted by Gasteiger charge is -2.34. The van der Waals surface area contributed by atoms with E-state index in [9.17, 15) is 9.59 Å². The molecule has 2 amide bonds. The van der Waals surface area contributed by atoms with Gasteiger partial charge in [0.1, 0.15) is 22.3 Å². The Morgan fingerprint density at radius 1 is 1.27 bits per heavy atom. The predicted octanol–water partition coefficient (Wildman–Crippen LogP) is 4.86. The molecule has 2 aliphatic rings. The minimum Gasteiger partial charge on any atom is -0.497 e. The Labute approximate surface area is 220 Å². The number of piperidine rings is 1. The highest BCUT2D eigenvalue weighted by atomic mass is 35.5. The summed E-state index contributed by atoms with van der Waals surface area (Å²) in [5.74, 6) is 0.132. The first kappa shape index (κ1) is 26.8. The molecule has 0 spiro atoms. The molecule has 0 radical (unpaired) electrons. The summed E-state index contributed by atoms with van der Waals surface area (Å²) in [4.78, 5) is 32.9. The number of hydrogen-bond donors (Lipinski definition) is 1. The van der Waals surface area contributed by atoms with Gasteiger partial charge in [0.05, 0.1) is 26.3 Å².